The molecule has 3 aliphatic heterocycles. The van der Waals surface area contributed by atoms with Crippen molar-refractivity contribution in [1.82, 2.24) is 38.6 Å². The quantitative estimate of drug-likeness (QED) is 0.110. The number of hydrogen-bond acceptors (Lipinski definition) is 9. The Balaban J connectivity index is 0.000000107. The number of fused-ring (bicyclic) bond motifs is 13. The number of aryl methyl sites for hydroxylation is 3. The van der Waals surface area contributed by atoms with Crippen LogP contribution in [0.2, 0.25) is 0 Å². The Morgan fingerprint density at radius 3 is 0.884 bits per heavy atom. The van der Waals surface area contributed by atoms with Gasteiger partial charge in [0, 0.05) is 71.4 Å². The molecule has 12 nitrogen and oxygen atoms in total. The van der Waals surface area contributed by atoms with E-state index in [0.717, 1.165) is 171 Å². The van der Waals surface area contributed by atoms with E-state index in [1.807, 2.05) is 42.9 Å². The fourth-order valence-corrected chi connectivity index (χ4v) is 22.4. The Bertz CT molecular complexity index is 9140. The maximum absolute atomic E-state index is 9.44. The predicted octanol–water partition coefficient (Wildman–Crippen LogP) is 32.8. The molecule has 0 atom stereocenters. The Hall–Kier alpha value is -18.2. The van der Waals surface area contributed by atoms with Gasteiger partial charge in [0.1, 0.15) is 17.5 Å². The lowest BCUT2D eigenvalue weighted by Crippen LogP contribution is -2.19. The van der Waals surface area contributed by atoms with E-state index in [2.05, 4.69) is 448 Å². The van der Waals surface area contributed by atoms with Gasteiger partial charge in [0.05, 0.1) is 101 Å². The Kier molecular flexibility index (Phi) is 19.2. The van der Waals surface area contributed by atoms with Gasteiger partial charge in [0.15, 0.2) is 0 Å². The minimum Gasteiger partial charge on any atom is -0.306 e. The van der Waals surface area contributed by atoms with Crippen molar-refractivity contribution >= 4 is 160 Å². The van der Waals surface area contributed by atoms with Crippen molar-refractivity contribution < 1.29 is 0 Å². The number of aromatic nitrogens is 8. The molecule has 138 heavy (non-hydrogen) atoms. The third kappa shape index (κ3) is 12.7. The fraction of sp³-hybridized carbons (Fsp3) is 0.0476. The molecule has 0 spiro atoms. The summed E-state index contributed by atoms with van der Waals surface area (Å²) >= 11 is 0. The second-order valence-corrected chi connectivity index (χ2v) is 35.5. The second-order valence-electron chi connectivity index (χ2n) is 35.5. The van der Waals surface area contributed by atoms with Crippen LogP contribution in [0, 0.1) is 11.3 Å². The third-order valence-electron chi connectivity index (χ3n) is 28.1. The summed E-state index contributed by atoms with van der Waals surface area (Å²) in [6, 6.07) is 150. The summed E-state index contributed by atoms with van der Waals surface area (Å²) in [5.74, 6) is 3.21. The Morgan fingerprint density at radius 1 is 0.246 bits per heavy atom. The second kappa shape index (κ2) is 32.9. The largest absolute Gasteiger partial charge is 0.306 e. The van der Waals surface area contributed by atoms with Crippen molar-refractivity contribution in [2.24, 2.45) is 0 Å². The zero-order valence-corrected chi connectivity index (χ0v) is 76.0. The molecule has 0 saturated carbocycles. The van der Waals surface area contributed by atoms with Crippen molar-refractivity contribution in [3.8, 4) is 89.9 Å². The Morgan fingerprint density at radius 2 is 0.551 bits per heavy atom. The predicted molar refractivity (Wildman–Crippen MR) is 572 cm³/mol. The van der Waals surface area contributed by atoms with Crippen LogP contribution in [0.3, 0.4) is 0 Å². The number of rotatable bonds is 12. The molecule has 650 valence electrons. The Labute approximate surface area is 797 Å². The molecule has 12 heteroatoms. The first-order valence-electron chi connectivity index (χ1n) is 47.4. The van der Waals surface area contributed by atoms with Crippen molar-refractivity contribution in [2.75, 3.05) is 14.7 Å². The lowest BCUT2D eigenvalue weighted by Gasteiger charge is -2.33. The molecule has 20 aromatic carbocycles. The molecule has 8 heterocycles. The van der Waals surface area contributed by atoms with Crippen LogP contribution in [0.15, 0.2) is 431 Å². The first-order valence-corrected chi connectivity index (χ1v) is 47.4. The number of hydrogen-bond donors (Lipinski definition) is 0. The van der Waals surface area contributed by atoms with Crippen molar-refractivity contribution in [2.45, 2.75) is 40.0 Å². The maximum atomic E-state index is 9.44. The van der Waals surface area contributed by atoms with Crippen LogP contribution in [0.4, 0.5) is 51.2 Å². The summed E-state index contributed by atoms with van der Waals surface area (Å²) in [4.78, 5) is 31.7. The van der Waals surface area contributed by atoms with Gasteiger partial charge < -0.3 is 14.7 Å². The van der Waals surface area contributed by atoms with Gasteiger partial charge in [-0.2, -0.15) is 5.26 Å². The zero-order valence-electron chi connectivity index (χ0n) is 76.0. The average molecular weight is 1770 g/mol. The average Bonchev–Trinajstić information content (AvgIpc) is 1.36. The third-order valence-corrected chi connectivity index (χ3v) is 28.1. The summed E-state index contributed by atoms with van der Waals surface area (Å²) < 4.78 is 7.09. The van der Waals surface area contributed by atoms with Gasteiger partial charge >= 0.3 is 0 Å². The highest BCUT2D eigenvalue weighted by atomic mass is 15.3. The van der Waals surface area contributed by atoms with Crippen LogP contribution in [0.1, 0.15) is 43.8 Å². The number of imidazole rings is 3. The molecule has 0 saturated heterocycles. The number of nitriles is 1. The molecular weight excluding hydrogens is 1680 g/mol. The van der Waals surface area contributed by atoms with Crippen molar-refractivity contribution in [1.29, 1.82) is 5.26 Å². The maximum Gasteiger partial charge on any atom is 0.114 e. The number of nitrogens with zero attached hydrogens (tertiary/aromatic N) is 12. The number of anilines is 9. The monoisotopic (exact) mass is 1770 g/mol. The zero-order chi connectivity index (χ0) is 91.7. The van der Waals surface area contributed by atoms with Crippen LogP contribution in [-0.4, -0.2) is 38.6 Å². The van der Waals surface area contributed by atoms with Crippen LogP contribution in [-0.2, 0) is 19.3 Å². The van der Waals surface area contributed by atoms with Gasteiger partial charge in [-0.1, -0.05) is 300 Å². The smallest absolute Gasteiger partial charge is 0.114 e. The number of pyridine rings is 2. The minimum atomic E-state index is 0.661. The molecule has 0 unspecified atom stereocenters. The fourth-order valence-electron chi connectivity index (χ4n) is 22.4. The molecule has 0 radical (unpaired) electrons. The first-order chi connectivity index (χ1) is 68.4. The van der Waals surface area contributed by atoms with Gasteiger partial charge in [-0.25, -0.2) is 15.0 Å². The van der Waals surface area contributed by atoms with Gasteiger partial charge in [0.25, 0.3) is 0 Å². The molecule has 0 N–H and O–H groups in total. The van der Waals surface area contributed by atoms with Crippen LogP contribution in [0.5, 0.6) is 0 Å². The van der Waals surface area contributed by atoms with Crippen LogP contribution >= 0.6 is 0 Å². The molecule has 0 fully saturated rings. The summed E-state index contributed by atoms with van der Waals surface area (Å²) in [6.45, 7) is 6.55. The van der Waals surface area contributed by atoms with Gasteiger partial charge in [-0.05, 0) is 254 Å². The summed E-state index contributed by atoms with van der Waals surface area (Å²) in [6.07, 6.45) is 8.24. The minimum absolute atomic E-state index is 0.661. The molecule has 5 aromatic heterocycles. The van der Waals surface area contributed by atoms with Crippen molar-refractivity contribution in [3.63, 3.8) is 0 Å². The van der Waals surface area contributed by atoms with E-state index in [0.29, 0.717) is 5.56 Å². The van der Waals surface area contributed by atoms with E-state index >= 15 is 0 Å². The lowest BCUT2D eigenvalue weighted by molar-refractivity contribution is 0.900. The summed E-state index contributed by atoms with van der Waals surface area (Å²) in [7, 11) is 0. The van der Waals surface area contributed by atoms with E-state index in [4.69, 9.17) is 19.9 Å². The SMILES string of the molecule is CCc1nc2cccc3c2n1-c1ccc(-c2c4ccccc4c(-c4ccc(C#N)cc4)c4ccccc24)cc1N3c1ccccc1.CCc1nc2cccc3c2n1-c1ccc(-c2c4ccccc4c(-c4cccc5cccnc45)c4ccccc24)cc1N3c1ccccc1.CCc1nc2cccc3c2n1-c1ccc(-c2c4ccccc4c(-c4cccnc4)c4ccccc24)cc1N3c1ccccc1. The molecule has 28 rings (SSSR count). The van der Waals surface area contributed by atoms with Gasteiger partial charge in [0.2, 0.25) is 0 Å². The molecule has 25 aromatic rings. The molecular formula is C126H86N12. The highest BCUT2D eigenvalue weighted by Crippen LogP contribution is 2.57. The normalized spacial score (nSPS) is 12.2. The van der Waals surface area contributed by atoms with E-state index in [1.165, 1.54) is 109 Å². The highest BCUT2D eigenvalue weighted by Gasteiger charge is 2.35. The highest BCUT2D eigenvalue weighted by molar-refractivity contribution is 6.26. The standard InChI is InChI=1S/C44H30N4.C42H28N4.C40H28N4/c1-2-40-46-36-22-11-23-38-44(36)48(40)37-25-24-29(27-39(37)47(38)30-15-4-3-5-16-30)41-31-17-6-8-19-33(31)42(34-20-9-7-18-32(34)41)35-21-10-13-28-14-12-26-45-43(28)35;1-2-39-44-35-17-10-18-37-42(35)46(39)36-24-23-29(25-38(36)45(37)30-11-4-3-5-12-30)41-33-15-8-6-13-31(33)40(32-14-7-9-16-34(32)41)28-21-19-27(26-43)20-22-28;1-2-37-42-33-19-10-20-35-40(33)44(37)34-22-21-26(24-36(34)43(35)28-13-4-3-5-14-28)38-29-15-6-8-17-31(29)39(27-12-11-23-41-25-27)32-18-9-7-16-30(32)38/h3-27H,2H2,1H3;3-25H,2H2,1H3;3-25H,2H2,1H3. The van der Waals surface area contributed by atoms with Crippen molar-refractivity contribution in [3.05, 3.63) is 454 Å². The summed E-state index contributed by atoms with van der Waals surface area (Å²) in [5.41, 5.74) is 36.1. The first kappa shape index (κ1) is 80.7. The number of benzene rings is 20. The van der Waals surface area contributed by atoms with Crippen LogP contribution < -0.4 is 14.7 Å². The van der Waals surface area contributed by atoms with E-state index in [-0.39, 0.29) is 0 Å². The molecule has 0 aliphatic carbocycles. The molecule has 3 aliphatic rings. The van der Waals surface area contributed by atoms with Gasteiger partial charge in [-0.15, -0.1) is 0 Å². The van der Waals surface area contributed by atoms with E-state index in [1.54, 1.807) is 0 Å². The summed E-state index contributed by atoms with van der Waals surface area (Å²) in [5, 5.41) is 25.1. The van der Waals surface area contributed by atoms with Gasteiger partial charge in [-0.3, -0.25) is 23.7 Å². The van der Waals surface area contributed by atoms with E-state index < -0.39 is 0 Å². The lowest BCUT2D eigenvalue weighted by atomic mass is 9.85. The number of para-hydroxylation sites is 7. The van der Waals surface area contributed by atoms with Crippen LogP contribution in [0.25, 0.3) is 192 Å². The van der Waals surface area contributed by atoms with E-state index in [9.17, 15) is 5.26 Å². The topological polar surface area (TPSA) is 113 Å². The molecule has 0 bridgehead atoms. The molecule has 0 amide bonds.